The van der Waals surface area contributed by atoms with Gasteiger partial charge in [-0.05, 0) is 44.9 Å². The van der Waals surface area contributed by atoms with Crippen LogP contribution in [-0.4, -0.2) is 25.3 Å². The molecule has 0 aliphatic carbocycles. The van der Waals surface area contributed by atoms with E-state index in [0.717, 1.165) is 19.4 Å². The van der Waals surface area contributed by atoms with Crippen molar-refractivity contribution in [1.29, 1.82) is 0 Å². The summed E-state index contributed by atoms with van der Waals surface area (Å²) in [6.07, 6.45) is 2.65. The number of hydrogen-bond acceptors (Lipinski definition) is 2. The Balaban J connectivity index is 2.17. The van der Waals surface area contributed by atoms with Crippen LogP contribution in [0.2, 0.25) is 5.02 Å². The van der Waals surface area contributed by atoms with Crippen LogP contribution in [0.5, 0.6) is 0 Å². The number of rotatable bonds is 4. The maximum absolute atomic E-state index is 13.9. The lowest BCUT2D eigenvalue weighted by Gasteiger charge is -2.33. The minimum Gasteiger partial charge on any atom is -0.374 e. The second-order valence-corrected chi connectivity index (χ2v) is 5.43. The summed E-state index contributed by atoms with van der Waals surface area (Å²) in [6.45, 7) is 2.87. The summed E-state index contributed by atoms with van der Waals surface area (Å²) in [5.41, 5.74) is 0.419. The lowest BCUT2D eigenvalue weighted by atomic mass is 9.88. The third-order valence-corrected chi connectivity index (χ3v) is 4.08. The maximum Gasteiger partial charge on any atom is 0.145 e. The molecule has 1 aliphatic heterocycles. The van der Waals surface area contributed by atoms with Gasteiger partial charge in [-0.3, -0.25) is 0 Å². The summed E-state index contributed by atoms with van der Waals surface area (Å²) in [7, 11) is 1.89. The molecule has 1 heterocycles. The predicted molar refractivity (Wildman–Crippen MR) is 71.6 cm³/mol. The summed E-state index contributed by atoms with van der Waals surface area (Å²) >= 11 is 5.81. The van der Waals surface area contributed by atoms with E-state index in [2.05, 4.69) is 12.2 Å². The van der Waals surface area contributed by atoms with Crippen molar-refractivity contribution >= 4 is 11.6 Å². The predicted octanol–water partition coefficient (Wildman–Crippen LogP) is 3.18. The Bertz CT molecular complexity index is 418. The third kappa shape index (κ3) is 2.68. The van der Waals surface area contributed by atoms with Crippen molar-refractivity contribution in [3.63, 3.8) is 0 Å². The summed E-state index contributed by atoms with van der Waals surface area (Å²) in [6, 6.07) is 5.23. The molecule has 1 saturated heterocycles. The van der Waals surface area contributed by atoms with E-state index in [1.54, 1.807) is 18.2 Å². The molecule has 2 atom stereocenters. The molecule has 1 aromatic rings. The maximum atomic E-state index is 13.9. The minimum absolute atomic E-state index is 0.0907. The van der Waals surface area contributed by atoms with E-state index in [4.69, 9.17) is 16.3 Å². The summed E-state index contributed by atoms with van der Waals surface area (Å²) in [5, 5.41) is 3.43. The summed E-state index contributed by atoms with van der Waals surface area (Å²) < 4.78 is 19.7. The average molecular weight is 272 g/mol. The van der Waals surface area contributed by atoms with Crippen LogP contribution >= 0.6 is 11.6 Å². The highest BCUT2D eigenvalue weighted by molar-refractivity contribution is 6.30. The van der Waals surface area contributed by atoms with Crippen LogP contribution in [0.1, 0.15) is 25.3 Å². The van der Waals surface area contributed by atoms with Crippen molar-refractivity contribution in [2.24, 2.45) is 0 Å². The SMILES string of the molecule is CNC(Cc1cccc(Cl)c1F)C1(C)CCCO1. The Morgan fingerprint density at radius 1 is 1.56 bits per heavy atom. The third-order valence-electron chi connectivity index (χ3n) is 3.79. The Morgan fingerprint density at radius 2 is 2.33 bits per heavy atom. The van der Waals surface area contributed by atoms with E-state index in [1.165, 1.54) is 0 Å². The number of hydrogen-bond donors (Lipinski definition) is 1. The molecule has 18 heavy (non-hydrogen) atoms. The highest BCUT2D eigenvalue weighted by Gasteiger charge is 2.37. The number of halogens is 2. The van der Waals surface area contributed by atoms with E-state index >= 15 is 0 Å². The van der Waals surface area contributed by atoms with Gasteiger partial charge in [0.1, 0.15) is 5.82 Å². The van der Waals surface area contributed by atoms with Gasteiger partial charge in [0.2, 0.25) is 0 Å². The molecule has 0 amide bonds. The van der Waals surface area contributed by atoms with Gasteiger partial charge in [-0.15, -0.1) is 0 Å². The smallest absolute Gasteiger partial charge is 0.145 e. The molecule has 1 aromatic carbocycles. The minimum atomic E-state index is -0.319. The zero-order valence-electron chi connectivity index (χ0n) is 10.8. The molecule has 2 nitrogen and oxygen atoms in total. The van der Waals surface area contributed by atoms with Crippen molar-refractivity contribution in [3.8, 4) is 0 Å². The van der Waals surface area contributed by atoms with Gasteiger partial charge in [-0.1, -0.05) is 23.7 Å². The molecule has 0 bridgehead atoms. The average Bonchev–Trinajstić information content (AvgIpc) is 2.79. The van der Waals surface area contributed by atoms with E-state index < -0.39 is 0 Å². The number of ether oxygens (including phenoxy) is 1. The van der Waals surface area contributed by atoms with Crippen LogP contribution in [0.4, 0.5) is 4.39 Å². The first-order valence-electron chi connectivity index (χ1n) is 6.31. The van der Waals surface area contributed by atoms with E-state index in [1.807, 2.05) is 7.05 Å². The van der Waals surface area contributed by atoms with Crippen molar-refractivity contribution < 1.29 is 9.13 Å². The molecule has 0 aromatic heterocycles. The van der Waals surface area contributed by atoms with Gasteiger partial charge >= 0.3 is 0 Å². The first-order chi connectivity index (χ1) is 8.57. The van der Waals surface area contributed by atoms with E-state index in [9.17, 15) is 4.39 Å². The van der Waals surface area contributed by atoms with Crippen molar-refractivity contribution in [3.05, 3.63) is 34.6 Å². The molecule has 1 aliphatic rings. The zero-order chi connectivity index (χ0) is 13.2. The highest BCUT2D eigenvalue weighted by atomic mass is 35.5. The van der Waals surface area contributed by atoms with Gasteiger partial charge in [-0.2, -0.15) is 0 Å². The largest absolute Gasteiger partial charge is 0.374 e. The Hall–Kier alpha value is -0.640. The summed E-state index contributed by atoms with van der Waals surface area (Å²) in [5.74, 6) is -0.319. The van der Waals surface area contributed by atoms with Crippen LogP contribution < -0.4 is 5.32 Å². The fourth-order valence-electron chi connectivity index (χ4n) is 2.62. The molecular formula is C14H19ClFNO. The van der Waals surface area contributed by atoms with Crippen molar-refractivity contribution in [1.82, 2.24) is 5.32 Å². The van der Waals surface area contributed by atoms with E-state index in [0.29, 0.717) is 12.0 Å². The second kappa shape index (κ2) is 5.55. The zero-order valence-corrected chi connectivity index (χ0v) is 11.6. The van der Waals surface area contributed by atoms with Gasteiger partial charge in [0, 0.05) is 12.6 Å². The van der Waals surface area contributed by atoms with Gasteiger partial charge in [0.15, 0.2) is 0 Å². The first kappa shape index (κ1) is 13.8. The van der Waals surface area contributed by atoms with Crippen LogP contribution in [-0.2, 0) is 11.2 Å². The number of nitrogens with one attached hydrogen (secondary N) is 1. The van der Waals surface area contributed by atoms with Crippen LogP contribution in [0.3, 0.4) is 0 Å². The fourth-order valence-corrected chi connectivity index (χ4v) is 2.82. The van der Waals surface area contributed by atoms with E-state index in [-0.39, 0.29) is 22.5 Å². The Labute approximate surface area is 112 Å². The van der Waals surface area contributed by atoms with Gasteiger partial charge in [0.25, 0.3) is 0 Å². The monoisotopic (exact) mass is 271 g/mol. The molecule has 0 spiro atoms. The molecular weight excluding hydrogens is 253 g/mol. The fraction of sp³-hybridized carbons (Fsp3) is 0.571. The standard InChI is InChI=1S/C14H19ClFNO/c1-14(7-4-8-18-14)12(17-2)9-10-5-3-6-11(15)13(10)16/h3,5-6,12,17H,4,7-9H2,1-2H3. The number of benzene rings is 1. The summed E-state index contributed by atoms with van der Waals surface area (Å²) in [4.78, 5) is 0. The second-order valence-electron chi connectivity index (χ2n) is 5.02. The van der Waals surface area contributed by atoms with Gasteiger partial charge in [0.05, 0.1) is 10.6 Å². The molecule has 100 valence electrons. The quantitative estimate of drug-likeness (QED) is 0.908. The molecule has 1 N–H and O–H groups in total. The Morgan fingerprint density at radius 3 is 2.94 bits per heavy atom. The lowest BCUT2D eigenvalue weighted by molar-refractivity contribution is -0.00960. The lowest BCUT2D eigenvalue weighted by Crippen LogP contribution is -2.48. The molecule has 1 fully saturated rings. The van der Waals surface area contributed by atoms with Crippen molar-refractivity contribution in [2.75, 3.05) is 13.7 Å². The molecule has 0 saturated carbocycles. The van der Waals surface area contributed by atoms with Gasteiger partial charge < -0.3 is 10.1 Å². The normalized spacial score (nSPS) is 25.3. The van der Waals surface area contributed by atoms with Crippen LogP contribution in [0, 0.1) is 5.82 Å². The van der Waals surface area contributed by atoms with Gasteiger partial charge in [-0.25, -0.2) is 4.39 Å². The van der Waals surface area contributed by atoms with Crippen LogP contribution in [0.15, 0.2) is 18.2 Å². The first-order valence-corrected chi connectivity index (χ1v) is 6.69. The van der Waals surface area contributed by atoms with Crippen molar-refractivity contribution in [2.45, 2.75) is 37.8 Å². The topological polar surface area (TPSA) is 21.3 Å². The molecule has 2 rings (SSSR count). The van der Waals surface area contributed by atoms with Crippen LogP contribution in [0.25, 0.3) is 0 Å². The molecule has 4 heteroatoms. The molecule has 0 radical (unpaired) electrons. The Kier molecular flexibility index (Phi) is 4.25. The number of likely N-dealkylation sites (N-methyl/N-ethyl adjacent to an activating group) is 1. The highest BCUT2D eigenvalue weighted by Crippen LogP contribution is 2.31. The molecule has 2 unspecified atom stereocenters.